The molecule has 2 N–H and O–H groups in total. The third kappa shape index (κ3) is 3.01. The molecule has 4 nitrogen and oxygen atoms in total. The fourth-order valence-electron chi connectivity index (χ4n) is 1.29. The predicted octanol–water partition coefficient (Wildman–Crippen LogP) is 3.89. The zero-order valence-corrected chi connectivity index (χ0v) is 9.91. The van der Waals surface area contributed by atoms with Crippen LogP contribution in [0, 0.1) is 6.92 Å². The Morgan fingerprint density at radius 1 is 1.29 bits per heavy atom. The molecule has 0 radical (unpaired) electrons. The van der Waals surface area contributed by atoms with E-state index in [1.165, 1.54) is 6.26 Å². The number of carbonyl (C=O) groups excluding carboxylic acids is 1. The van der Waals surface area contributed by atoms with E-state index in [0.29, 0.717) is 16.6 Å². The van der Waals surface area contributed by atoms with Gasteiger partial charge in [-0.2, -0.15) is 0 Å². The van der Waals surface area contributed by atoms with Crippen molar-refractivity contribution < 1.29 is 9.21 Å². The van der Waals surface area contributed by atoms with E-state index in [2.05, 4.69) is 10.6 Å². The highest BCUT2D eigenvalue weighted by Crippen LogP contribution is 2.20. The fraction of sp³-hybridized carbons (Fsp3) is 0.0833. The van der Waals surface area contributed by atoms with Crippen LogP contribution < -0.4 is 10.6 Å². The monoisotopic (exact) mass is 250 g/mol. The van der Waals surface area contributed by atoms with E-state index >= 15 is 0 Å². The van der Waals surface area contributed by atoms with Crippen molar-refractivity contribution in [3.8, 4) is 0 Å². The summed E-state index contributed by atoms with van der Waals surface area (Å²) < 4.78 is 4.99. The molecule has 0 fully saturated rings. The Labute approximate surface area is 104 Å². The largest absolute Gasteiger partial charge is 0.449 e. The van der Waals surface area contributed by atoms with Gasteiger partial charge < -0.3 is 9.73 Å². The molecule has 1 aromatic carbocycles. The van der Waals surface area contributed by atoms with Gasteiger partial charge in [0.1, 0.15) is 0 Å². The van der Waals surface area contributed by atoms with Crippen molar-refractivity contribution in [3.05, 3.63) is 47.2 Å². The van der Waals surface area contributed by atoms with E-state index in [4.69, 9.17) is 16.0 Å². The van der Waals surface area contributed by atoms with Crippen molar-refractivity contribution in [3.63, 3.8) is 0 Å². The molecule has 1 aromatic heterocycles. The third-order valence-electron chi connectivity index (χ3n) is 2.19. The second-order valence-corrected chi connectivity index (χ2v) is 3.93. The number of carbonyl (C=O) groups is 1. The summed E-state index contributed by atoms with van der Waals surface area (Å²) in [6.07, 6.45) is 1.48. The van der Waals surface area contributed by atoms with Gasteiger partial charge in [0.25, 0.3) is 0 Å². The summed E-state index contributed by atoms with van der Waals surface area (Å²) in [5, 5.41) is 5.81. The molecule has 0 atom stereocenters. The van der Waals surface area contributed by atoms with Crippen molar-refractivity contribution in [1.29, 1.82) is 0 Å². The maximum absolute atomic E-state index is 11.6. The zero-order chi connectivity index (χ0) is 12.3. The van der Waals surface area contributed by atoms with Crippen molar-refractivity contribution in [2.75, 3.05) is 10.6 Å². The SMILES string of the molecule is Cc1ccc(NC(=O)Nc2ccco2)cc1Cl. The summed E-state index contributed by atoms with van der Waals surface area (Å²) in [6, 6.07) is 8.28. The summed E-state index contributed by atoms with van der Waals surface area (Å²) in [7, 11) is 0. The Morgan fingerprint density at radius 3 is 2.76 bits per heavy atom. The number of aryl methyl sites for hydroxylation is 1. The van der Waals surface area contributed by atoms with Crippen molar-refractivity contribution in [2.24, 2.45) is 0 Å². The van der Waals surface area contributed by atoms with Crippen LogP contribution in [0.15, 0.2) is 41.0 Å². The molecule has 88 valence electrons. The quantitative estimate of drug-likeness (QED) is 0.850. The third-order valence-corrected chi connectivity index (χ3v) is 2.59. The molecule has 0 saturated carbocycles. The van der Waals surface area contributed by atoms with Crippen molar-refractivity contribution >= 4 is 29.2 Å². The summed E-state index contributed by atoms with van der Waals surface area (Å²) in [5.74, 6) is 0.390. The highest BCUT2D eigenvalue weighted by Gasteiger charge is 2.05. The summed E-state index contributed by atoms with van der Waals surface area (Å²) in [6.45, 7) is 1.90. The molecule has 5 heteroatoms. The van der Waals surface area contributed by atoms with Crippen LogP contribution >= 0.6 is 11.6 Å². The van der Waals surface area contributed by atoms with Gasteiger partial charge in [0, 0.05) is 16.8 Å². The van der Waals surface area contributed by atoms with Gasteiger partial charge >= 0.3 is 6.03 Å². The number of amides is 2. The number of rotatable bonds is 2. The van der Waals surface area contributed by atoms with Crippen LogP contribution in [0.25, 0.3) is 0 Å². The second-order valence-electron chi connectivity index (χ2n) is 3.52. The molecule has 17 heavy (non-hydrogen) atoms. The lowest BCUT2D eigenvalue weighted by molar-refractivity contribution is 0.261. The zero-order valence-electron chi connectivity index (χ0n) is 9.16. The molecule has 0 bridgehead atoms. The summed E-state index contributed by atoms with van der Waals surface area (Å²) in [4.78, 5) is 11.6. The Bertz CT molecular complexity index is 523. The number of benzene rings is 1. The minimum atomic E-state index is -0.375. The molecule has 0 aliphatic heterocycles. The molecule has 1 heterocycles. The Kier molecular flexibility index (Phi) is 3.35. The molecular formula is C12H11ClN2O2. The van der Waals surface area contributed by atoms with Crippen molar-refractivity contribution in [2.45, 2.75) is 6.92 Å². The standard InChI is InChI=1S/C12H11ClN2O2/c1-8-4-5-9(7-10(8)13)14-12(16)15-11-3-2-6-17-11/h2-7H,1H3,(H2,14,15,16). The molecule has 2 amide bonds. The maximum Gasteiger partial charge on any atom is 0.326 e. The number of nitrogens with one attached hydrogen (secondary N) is 2. The number of halogens is 1. The van der Waals surface area contributed by atoms with Gasteiger partial charge in [-0.05, 0) is 30.7 Å². The van der Waals surface area contributed by atoms with Gasteiger partial charge in [-0.1, -0.05) is 17.7 Å². The first kappa shape index (κ1) is 11.5. The first-order valence-corrected chi connectivity index (χ1v) is 5.40. The number of hydrogen-bond donors (Lipinski definition) is 2. The van der Waals surface area contributed by atoms with Gasteiger partial charge in [0.05, 0.1) is 6.26 Å². The van der Waals surface area contributed by atoms with E-state index in [-0.39, 0.29) is 6.03 Å². The summed E-state index contributed by atoms with van der Waals surface area (Å²) >= 11 is 5.95. The average Bonchev–Trinajstić information content (AvgIpc) is 2.76. The Morgan fingerprint density at radius 2 is 2.12 bits per heavy atom. The lowest BCUT2D eigenvalue weighted by atomic mass is 10.2. The molecule has 2 aromatic rings. The van der Waals surface area contributed by atoms with Gasteiger partial charge in [-0.3, -0.25) is 5.32 Å². The molecule has 0 saturated heterocycles. The van der Waals surface area contributed by atoms with E-state index in [1.54, 1.807) is 24.3 Å². The van der Waals surface area contributed by atoms with Crippen LogP contribution in [-0.2, 0) is 0 Å². The smallest absolute Gasteiger partial charge is 0.326 e. The Balaban J connectivity index is 2.00. The van der Waals surface area contributed by atoms with Crippen LogP contribution in [0.3, 0.4) is 0 Å². The van der Waals surface area contributed by atoms with E-state index in [1.807, 2.05) is 13.0 Å². The van der Waals surface area contributed by atoms with E-state index in [0.717, 1.165) is 5.56 Å². The topological polar surface area (TPSA) is 54.3 Å². The number of hydrogen-bond acceptors (Lipinski definition) is 2. The Hall–Kier alpha value is -1.94. The molecule has 0 aliphatic rings. The molecule has 0 aliphatic carbocycles. The lowest BCUT2D eigenvalue weighted by Gasteiger charge is -2.06. The first-order valence-electron chi connectivity index (χ1n) is 5.03. The number of furan rings is 1. The normalized spacial score (nSPS) is 10.0. The van der Waals surface area contributed by atoms with Crippen LogP contribution in [0.2, 0.25) is 5.02 Å². The lowest BCUT2D eigenvalue weighted by Crippen LogP contribution is -2.18. The molecule has 0 spiro atoms. The van der Waals surface area contributed by atoms with Gasteiger partial charge in [-0.15, -0.1) is 0 Å². The summed E-state index contributed by atoms with van der Waals surface area (Å²) in [5.41, 5.74) is 1.59. The van der Waals surface area contributed by atoms with Gasteiger partial charge in [0.15, 0.2) is 0 Å². The maximum atomic E-state index is 11.6. The van der Waals surface area contributed by atoms with Crippen LogP contribution in [-0.4, -0.2) is 6.03 Å². The molecule has 2 rings (SSSR count). The van der Waals surface area contributed by atoms with Crippen LogP contribution in [0.1, 0.15) is 5.56 Å². The minimum absolute atomic E-state index is 0.375. The van der Waals surface area contributed by atoms with Crippen molar-refractivity contribution in [1.82, 2.24) is 0 Å². The molecule has 0 unspecified atom stereocenters. The van der Waals surface area contributed by atoms with Crippen LogP contribution in [0.5, 0.6) is 0 Å². The van der Waals surface area contributed by atoms with Crippen LogP contribution in [0.4, 0.5) is 16.4 Å². The van der Waals surface area contributed by atoms with Gasteiger partial charge in [0.2, 0.25) is 5.88 Å². The predicted molar refractivity (Wildman–Crippen MR) is 67.5 cm³/mol. The highest BCUT2D eigenvalue weighted by molar-refractivity contribution is 6.31. The van der Waals surface area contributed by atoms with Gasteiger partial charge in [-0.25, -0.2) is 4.79 Å². The van der Waals surface area contributed by atoms with E-state index < -0.39 is 0 Å². The minimum Gasteiger partial charge on any atom is -0.449 e. The second kappa shape index (κ2) is 4.93. The van der Waals surface area contributed by atoms with E-state index in [9.17, 15) is 4.79 Å². The first-order chi connectivity index (χ1) is 8.15. The number of anilines is 2. The fourth-order valence-corrected chi connectivity index (χ4v) is 1.48. The number of urea groups is 1. The highest BCUT2D eigenvalue weighted by atomic mass is 35.5. The molecular weight excluding hydrogens is 240 g/mol. The average molecular weight is 251 g/mol.